The van der Waals surface area contributed by atoms with Crippen LogP contribution in [0, 0.1) is 5.41 Å². The third kappa shape index (κ3) is 4.60. The number of ether oxygens (including phenoxy) is 2. The Labute approximate surface area is 220 Å². The largest absolute Gasteiger partial charge is 0.489 e. The van der Waals surface area contributed by atoms with Gasteiger partial charge in [-0.05, 0) is 30.2 Å². The summed E-state index contributed by atoms with van der Waals surface area (Å²) in [6.45, 7) is 2.14. The van der Waals surface area contributed by atoms with E-state index in [-0.39, 0.29) is 12.4 Å². The molecule has 7 heterocycles. The van der Waals surface area contributed by atoms with E-state index in [2.05, 4.69) is 36.7 Å². The van der Waals surface area contributed by atoms with E-state index in [1.807, 2.05) is 36.7 Å². The maximum Gasteiger partial charge on any atom is 0.212 e. The number of piperazine rings is 1. The molecule has 3 fully saturated rings. The van der Waals surface area contributed by atoms with Crippen molar-refractivity contribution in [1.29, 1.82) is 5.41 Å². The lowest BCUT2D eigenvalue weighted by Gasteiger charge is -2.56. The van der Waals surface area contributed by atoms with Crippen LogP contribution in [0.3, 0.4) is 0 Å². The zero-order valence-electron chi connectivity index (χ0n) is 21.0. The van der Waals surface area contributed by atoms with E-state index < -0.39 is 6.67 Å². The highest BCUT2D eigenvalue weighted by Crippen LogP contribution is 2.36. The summed E-state index contributed by atoms with van der Waals surface area (Å²) in [5, 5.41) is 15.3. The molecule has 2 unspecified atom stereocenters. The van der Waals surface area contributed by atoms with Crippen LogP contribution in [0.4, 0.5) is 10.2 Å². The number of nitrogens with zero attached hydrogens (tertiary/aromatic N) is 5. The number of methoxy groups -OCH3 is 1. The lowest BCUT2D eigenvalue weighted by Crippen LogP contribution is -2.68. The number of fused-ring (bicyclic) bond motifs is 2. The summed E-state index contributed by atoms with van der Waals surface area (Å²) in [5.74, 6) is 2.29. The van der Waals surface area contributed by atoms with E-state index in [0.717, 1.165) is 36.6 Å². The molecule has 3 N–H and O–H groups in total. The summed E-state index contributed by atoms with van der Waals surface area (Å²) in [4.78, 5) is 14.0. The Bertz CT molecular complexity index is 1320. The van der Waals surface area contributed by atoms with E-state index >= 15 is 0 Å². The first-order chi connectivity index (χ1) is 18.6. The first-order valence-corrected chi connectivity index (χ1v) is 12.6. The summed E-state index contributed by atoms with van der Waals surface area (Å²) >= 11 is 0. The van der Waals surface area contributed by atoms with Crippen LogP contribution < -0.4 is 20.4 Å². The summed E-state index contributed by atoms with van der Waals surface area (Å²) < 4.78 is 23.3. The van der Waals surface area contributed by atoms with Gasteiger partial charge in [0.15, 0.2) is 0 Å². The Kier molecular flexibility index (Phi) is 6.50. The normalized spacial score (nSPS) is 24.3. The number of amidine groups is 1. The van der Waals surface area contributed by atoms with Crippen molar-refractivity contribution >= 4 is 23.4 Å². The van der Waals surface area contributed by atoms with Crippen molar-refractivity contribution in [3.8, 4) is 5.88 Å². The van der Waals surface area contributed by atoms with Crippen LogP contribution in [0.5, 0.6) is 5.88 Å². The van der Waals surface area contributed by atoms with Crippen molar-refractivity contribution in [2.45, 2.75) is 25.0 Å². The third-order valence-corrected chi connectivity index (χ3v) is 7.27. The SMILES string of the molecule is COc1ccc(CN2C3CC2CN(c2ccc(C4=CC(OCCF)=CN/C4=C4/C=NNC4=N)cn2)C3)cn1. The fourth-order valence-electron chi connectivity index (χ4n) is 5.34. The lowest BCUT2D eigenvalue weighted by atomic mass is 9.87. The quantitative estimate of drug-likeness (QED) is 0.491. The summed E-state index contributed by atoms with van der Waals surface area (Å²) in [7, 11) is 1.63. The maximum absolute atomic E-state index is 12.7. The van der Waals surface area contributed by atoms with Gasteiger partial charge in [0.2, 0.25) is 5.88 Å². The number of halogens is 1. The Morgan fingerprint density at radius 1 is 1.13 bits per heavy atom. The minimum absolute atomic E-state index is 0.0253. The first kappa shape index (κ1) is 24.1. The standard InChI is InChI=1S/C27H29FN8O2/c1-37-25-5-2-17(10-31-25)14-36-19-8-20(36)16-35(15-19)24-4-3-18(11-30-24)22-9-21(38-7-6-28)12-32-26(22)23-13-33-34-27(23)29/h2-5,9-13,19-20,32H,6-8,14-16H2,1H3,(H2,29,34)/b26-23-. The lowest BCUT2D eigenvalue weighted by molar-refractivity contribution is -0.00877. The minimum Gasteiger partial charge on any atom is -0.489 e. The number of hydrazone groups is 1. The van der Waals surface area contributed by atoms with Crippen LogP contribution >= 0.6 is 0 Å². The highest BCUT2D eigenvalue weighted by atomic mass is 19.1. The van der Waals surface area contributed by atoms with E-state index in [0.29, 0.717) is 35.0 Å². The molecule has 10 nitrogen and oxygen atoms in total. The molecule has 11 heteroatoms. The molecule has 0 aromatic carbocycles. The smallest absolute Gasteiger partial charge is 0.212 e. The second-order valence-electron chi connectivity index (χ2n) is 9.55. The van der Waals surface area contributed by atoms with Crippen molar-refractivity contribution in [2.24, 2.45) is 5.10 Å². The van der Waals surface area contributed by atoms with E-state index in [4.69, 9.17) is 19.9 Å². The molecular weight excluding hydrogens is 487 g/mol. The Hall–Kier alpha value is -4.25. The van der Waals surface area contributed by atoms with Crippen molar-refractivity contribution in [1.82, 2.24) is 25.6 Å². The van der Waals surface area contributed by atoms with Gasteiger partial charge in [-0.25, -0.2) is 14.4 Å². The van der Waals surface area contributed by atoms with Crippen molar-refractivity contribution < 1.29 is 13.9 Å². The zero-order chi connectivity index (χ0) is 26.1. The summed E-state index contributed by atoms with van der Waals surface area (Å²) in [6.07, 6.45) is 10.0. The van der Waals surface area contributed by atoms with E-state index in [1.54, 1.807) is 19.5 Å². The monoisotopic (exact) mass is 516 g/mol. The summed E-state index contributed by atoms with van der Waals surface area (Å²) in [5.41, 5.74) is 6.86. The fraction of sp³-hybridized carbons (Fsp3) is 0.333. The topological polar surface area (TPSA) is 111 Å². The van der Waals surface area contributed by atoms with Gasteiger partial charge in [-0.1, -0.05) is 6.07 Å². The number of aromatic nitrogens is 2. The zero-order valence-corrected chi connectivity index (χ0v) is 21.0. The average molecular weight is 517 g/mol. The van der Waals surface area contributed by atoms with Crippen LogP contribution in [0.15, 0.2) is 71.1 Å². The second-order valence-corrected chi connectivity index (χ2v) is 9.55. The third-order valence-electron chi connectivity index (χ3n) is 7.27. The Balaban J connectivity index is 1.16. The second kappa shape index (κ2) is 10.3. The van der Waals surface area contributed by atoms with Gasteiger partial charge in [0.25, 0.3) is 0 Å². The van der Waals surface area contributed by atoms with Crippen LogP contribution in [-0.4, -0.2) is 72.5 Å². The first-order valence-electron chi connectivity index (χ1n) is 12.6. The number of anilines is 1. The molecular formula is C27H29FN8O2. The fourth-order valence-corrected chi connectivity index (χ4v) is 5.34. The van der Waals surface area contributed by atoms with Gasteiger partial charge in [-0.3, -0.25) is 15.7 Å². The molecule has 0 spiro atoms. The summed E-state index contributed by atoms with van der Waals surface area (Å²) in [6, 6.07) is 9.02. The molecule has 38 heavy (non-hydrogen) atoms. The predicted molar refractivity (Wildman–Crippen MR) is 142 cm³/mol. The van der Waals surface area contributed by atoms with Gasteiger partial charge in [0.05, 0.1) is 24.6 Å². The number of alkyl halides is 1. The molecule has 2 atom stereocenters. The van der Waals surface area contributed by atoms with Gasteiger partial charge < -0.3 is 19.7 Å². The number of nitrogens with one attached hydrogen (secondary N) is 3. The van der Waals surface area contributed by atoms with Gasteiger partial charge >= 0.3 is 0 Å². The van der Waals surface area contributed by atoms with E-state index in [1.165, 1.54) is 12.0 Å². The van der Waals surface area contributed by atoms with E-state index in [9.17, 15) is 4.39 Å². The minimum atomic E-state index is -0.571. The number of pyridine rings is 2. The van der Waals surface area contributed by atoms with Crippen LogP contribution in [0.1, 0.15) is 17.5 Å². The highest BCUT2D eigenvalue weighted by molar-refractivity contribution is 6.19. The molecule has 2 aromatic heterocycles. The van der Waals surface area contributed by atoms with Gasteiger partial charge in [-0.2, -0.15) is 5.10 Å². The molecule has 0 aliphatic carbocycles. The molecule has 5 aliphatic rings. The molecule has 3 saturated heterocycles. The van der Waals surface area contributed by atoms with Crippen LogP contribution in [0.25, 0.3) is 5.57 Å². The van der Waals surface area contributed by atoms with Gasteiger partial charge in [0.1, 0.15) is 30.7 Å². The van der Waals surface area contributed by atoms with Crippen molar-refractivity contribution in [2.75, 3.05) is 38.4 Å². The van der Waals surface area contributed by atoms with Crippen LogP contribution in [0.2, 0.25) is 0 Å². The molecule has 0 radical (unpaired) electrons. The molecule has 5 aliphatic heterocycles. The number of rotatable bonds is 8. The number of hydrogen-bond acceptors (Lipinski definition) is 9. The van der Waals surface area contributed by atoms with Gasteiger partial charge in [0, 0.05) is 67.5 Å². The molecule has 7 rings (SSSR count). The predicted octanol–water partition coefficient (Wildman–Crippen LogP) is 2.58. The molecule has 0 amide bonds. The number of hydrogen-bond donors (Lipinski definition) is 3. The highest BCUT2D eigenvalue weighted by Gasteiger charge is 2.44. The van der Waals surface area contributed by atoms with Crippen molar-refractivity contribution in [3.05, 3.63) is 77.1 Å². The number of dihydropyridines is 1. The maximum atomic E-state index is 12.7. The molecule has 2 aromatic rings. The molecule has 0 saturated carbocycles. The number of allylic oxidation sites excluding steroid dienone is 2. The molecule has 2 bridgehead atoms. The molecule has 196 valence electrons. The Morgan fingerprint density at radius 3 is 2.66 bits per heavy atom. The average Bonchev–Trinajstić information content (AvgIpc) is 3.40. The number of piperidine rings is 1. The Morgan fingerprint density at radius 2 is 2.00 bits per heavy atom. The van der Waals surface area contributed by atoms with Crippen LogP contribution in [-0.2, 0) is 11.3 Å². The van der Waals surface area contributed by atoms with Gasteiger partial charge in [-0.15, -0.1) is 0 Å². The van der Waals surface area contributed by atoms with Crippen molar-refractivity contribution in [3.63, 3.8) is 0 Å².